The maximum Gasteiger partial charge on any atom is 0.234 e. The molecule has 1 aromatic carbocycles. The first-order valence-corrected chi connectivity index (χ1v) is 7.34. The monoisotopic (exact) mass is 297 g/mol. The van der Waals surface area contributed by atoms with Crippen molar-refractivity contribution in [1.29, 1.82) is 0 Å². The average Bonchev–Trinajstić information content (AvgIpc) is 2.82. The molecule has 1 aliphatic heterocycles. The van der Waals surface area contributed by atoms with Crippen molar-refractivity contribution in [2.45, 2.75) is 18.2 Å². The molecule has 1 saturated heterocycles. The minimum atomic E-state index is -0.419. The summed E-state index contributed by atoms with van der Waals surface area (Å²) in [7, 11) is 4.80. The van der Waals surface area contributed by atoms with E-state index in [1.54, 1.807) is 38.0 Å². The summed E-state index contributed by atoms with van der Waals surface area (Å²) in [6.45, 7) is 0.525. The topological polar surface area (TPSA) is 48.0 Å². The molecule has 0 aliphatic carbocycles. The van der Waals surface area contributed by atoms with Gasteiger partial charge >= 0.3 is 0 Å². The van der Waals surface area contributed by atoms with Crippen molar-refractivity contribution in [3.05, 3.63) is 29.8 Å². The lowest BCUT2D eigenvalue weighted by Gasteiger charge is -2.29. The number of rotatable bonds is 6. The highest BCUT2D eigenvalue weighted by Crippen LogP contribution is 2.31. The Bertz CT molecular complexity index is 464. The molecule has 1 heterocycles. The van der Waals surface area contributed by atoms with Crippen molar-refractivity contribution in [2.75, 3.05) is 27.1 Å². The molecule has 2 rings (SSSR count). The smallest absolute Gasteiger partial charge is 0.234 e. The number of nitrogens with zero attached hydrogens (tertiary/aromatic N) is 1. The summed E-state index contributed by atoms with van der Waals surface area (Å²) < 4.78 is 15.8. The second-order valence-electron chi connectivity index (χ2n) is 4.41. The molecule has 0 saturated carbocycles. The number of benzene rings is 1. The van der Waals surface area contributed by atoms with E-state index in [2.05, 4.69) is 0 Å². The third-order valence-corrected chi connectivity index (χ3v) is 4.42. The number of hydrogen-bond donors (Lipinski definition) is 0. The molecule has 1 fully saturated rings. The summed E-state index contributed by atoms with van der Waals surface area (Å²) in [6, 6.07) is 7.71. The Kier molecular flexibility index (Phi) is 5.28. The molecule has 5 nitrogen and oxygen atoms in total. The molecule has 1 aliphatic rings. The molecule has 1 amide bonds. The fourth-order valence-electron chi connectivity index (χ4n) is 2.17. The van der Waals surface area contributed by atoms with Crippen LogP contribution in [-0.2, 0) is 20.8 Å². The van der Waals surface area contributed by atoms with Crippen LogP contribution in [-0.4, -0.2) is 49.6 Å². The first-order valence-electron chi connectivity index (χ1n) is 6.29. The van der Waals surface area contributed by atoms with E-state index >= 15 is 0 Å². The van der Waals surface area contributed by atoms with Crippen LogP contribution in [0.4, 0.5) is 0 Å². The lowest BCUT2D eigenvalue weighted by Crippen LogP contribution is -2.41. The van der Waals surface area contributed by atoms with Crippen LogP contribution in [0.25, 0.3) is 0 Å². The Morgan fingerprint density at radius 1 is 1.35 bits per heavy atom. The highest BCUT2D eigenvalue weighted by molar-refractivity contribution is 8.01. The number of hydrogen-bond acceptors (Lipinski definition) is 5. The van der Waals surface area contributed by atoms with Gasteiger partial charge in [0.25, 0.3) is 0 Å². The van der Waals surface area contributed by atoms with Crippen LogP contribution in [0.5, 0.6) is 5.75 Å². The summed E-state index contributed by atoms with van der Waals surface area (Å²) in [5.74, 6) is 1.34. The highest BCUT2D eigenvalue weighted by atomic mass is 32.2. The highest BCUT2D eigenvalue weighted by Gasteiger charge is 2.37. The molecule has 0 bridgehead atoms. The van der Waals surface area contributed by atoms with Gasteiger partial charge in [-0.1, -0.05) is 12.1 Å². The van der Waals surface area contributed by atoms with E-state index in [9.17, 15) is 4.79 Å². The van der Waals surface area contributed by atoms with Gasteiger partial charge in [-0.25, -0.2) is 0 Å². The quantitative estimate of drug-likeness (QED) is 0.748. The van der Waals surface area contributed by atoms with Crippen LogP contribution < -0.4 is 4.74 Å². The lowest BCUT2D eigenvalue weighted by atomic mass is 10.2. The number of carbonyl (C=O) groups excluding carboxylic acids is 1. The van der Waals surface area contributed by atoms with E-state index in [1.807, 2.05) is 24.3 Å². The molecule has 0 radical (unpaired) electrons. The van der Waals surface area contributed by atoms with Crippen molar-refractivity contribution in [3.63, 3.8) is 0 Å². The minimum absolute atomic E-state index is 0.0990. The molecule has 1 unspecified atom stereocenters. The van der Waals surface area contributed by atoms with Gasteiger partial charge in [-0.15, -0.1) is 11.8 Å². The van der Waals surface area contributed by atoms with E-state index in [1.165, 1.54) is 0 Å². The van der Waals surface area contributed by atoms with E-state index in [4.69, 9.17) is 14.2 Å². The van der Waals surface area contributed by atoms with Gasteiger partial charge in [0.15, 0.2) is 6.29 Å². The molecular formula is C14H19NO4S. The van der Waals surface area contributed by atoms with Crippen molar-refractivity contribution in [3.8, 4) is 5.75 Å². The summed E-state index contributed by atoms with van der Waals surface area (Å²) in [5.41, 5.74) is 1.02. The Hall–Kier alpha value is -1.24. The second-order valence-corrected chi connectivity index (χ2v) is 5.52. The van der Waals surface area contributed by atoms with Crippen molar-refractivity contribution < 1.29 is 19.0 Å². The summed E-state index contributed by atoms with van der Waals surface area (Å²) in [6.07, 6.45) is -0.419. The van der Waals surface area contributed by atoms with Crippen LogP contribution in [0, 0.1) is 0 Å². The Morgan fingerprint density at radius 3 is 2.75 bits per heavy atom. The molecule has 6 heteroatoms. The maximum atomic E-state index is 12.0. The SMILES string of the molecule is COc1cccc(CN2C(=O)CSC2C(OC)OC)c1. The third kappa shape index (κ3) is 3.26. The van der Waals surface area contributed by atoms with Crippen LogP contribution in [0.1, 0.15) is 5.56 Å². The number of amides is 1. The number of thioether (sulfide) groups is 1. The van der Waals surface area contributed by atoms with Crippen LogP contribution >= 0.6 is 11.8 Å². The zero-order chi connectivity index (χ0) is 14.5. The van der Waals surface area contributed by atoms with Gasteiger partial charge in [-0.3, -0.25) is 4.79 Å². The zero-order valence-electron chi connectivity index (χ0n) is 11.9. The van der Waals surface area contributed by atoms with Gasteiger partial charge < -0.3 is 19.1 Å². The van der Waals surface area contributed by atoms with Crippen LogP contribution in [0.3, 0.4) is 0 Å². The molecular weight excluding hydrogens is 278 g/mol. The van der Waals surface area contributed by atoms with Gasteiger partial charge in [-0.2, -0.15) is 0 Å². The third-order valence-electron chi connectivity index (χ3n) is 3.19. The predicted octanol–water partition coefficient (Wildman–Crippen LogP) is 1.72. The fraction of sp³-hybridized carbons (Fsp3) is 0.500. The molecule has 20 heavy (non-hydrogen) atoms. The number of carbonyl (C=O) groups is 1. The summed E-state index contributed by atoms with van der Waals surface area (Å²) in [4.78, 5) is 13.8. The predicted molar refractivity (Wildman–Crippen MR) is 77.6 cm³/mol. The van der Waals surface area contributed by atoms with E-state index < -0.39 is 6.29 Å². The Balaban J connectivity index is 2.13. The van der Waals surface area contributed by atoms with Crippen molar-refractivity contribution >= 4 is 17.7 Å². The van der Waals surface area contributed by atoms with Gasteiger partial charge in [0.2, 0.25) is 5.91 Å². The summed E-state index contributed by atoms with van der Waals surface area (Å²) >= 11 is 1.54. The molecule has 1 aromatic rings. The molecule has 0 aromatic heterocycles. The lowest BCUT2D eigenvalue weighted by molar-refractivity contribution is -0.146. The second kappa shape index (κ2) is 6.97. The number of ether oxygens (including phenoxy) is 3. The van der Waals surface area contributed by atoms with Gasteiger partial charge in [0.1, 0.15) is 11.1 Å². The minimum Gasteiger partial charge on any atom is -0.497 e. The largest absolute Gasteiger partial charge is 0.497 e. The Labute approximate surface area is 123 Å². The Morgan fingerprint density at radius 2 is 2.10 bits per heavy atom. The van der Waals surface area contributed by atoms with Gasteiger partial charge in [-0.05, 0) is 17.7 Å². The first-order chi connectivity index (χ1) is 9.69. The van der Waals surface area contributed by atoms with Crippen LogP contribution in [0.2, 0.25) is 0 Å². The normalized spacial score (nSPS) is 18.9. The first kappa shape index (κ1) is 15.2. The fourth-order valence-corrected chi connectivity index (χ4v) is 3.40. The average molecular weight is 297 g/mol. The summed E-state index contributed by atoms with van der Waals surface area (Å²) in [5, 5.41) is -0.122. The van der Waals surface area contributed by atoms with Crippen LogP contribution in [0.15, 0.2) is 24.3 Å². The molecule has 0 N–H and O–H groups in total. The molecule has 110 valence electrons. The van der Waals surface area contributed by atoms with Gasteiger partial charge in [0, 0.05) is 20.8 Å². The number of methoxy groups -OCH3 is 3. The van der Waals surface area contributed by atoms with Crippen molar-refractivity contribution in [2.24, 2.45) is 0 Å². The zero-order valence-corrected chi connectivity index (χ0v) is 12.7. The van der Waals surface area contributed by atoms with E-state index in [0.29, 0.717) is 12.3 Å². The van der Waals surface area contributed by atoms with E-state index in [-0.39, 0.29) is 11.3 Å². The van der Waals surface area contributed by atoms with E-state index in [0.717, 1.165) is 11.3 Å². The molecule has 0 spiro atoms. The maximum absolute atomic E-state index is 12.0. The standard InChI is InChI=1S/C14H19NO4S/c1-17-11-6-4-5-10(7-11)8-15-12(16)9-20-13(15)14(18-2)19-3/h4-7,13-14H,8-9H2,1-3H3. The van der Waals surface area contributed by atoms with Gasteiger partial charge in [0.05, 0.1) is 12.9 Å². The van der Waals surface area contributed by atoms with Crippen molar-refractivity contribution in [1.82, 2.24) is 4.90 Å². The molecule has 1 atom stereocenters.